The summed E-state index contributed by atoms with van der Waals surface area (Å²) in [6, 6.07) is 10.5. The van der Waals surface area contributed by atoms with Crippen LogP contribution in [0.3, 0.4) is 0 Å². The third kappa shape index (κ3) is 5.35. The number of hydrogen-bond acceptors (Lipinski definition) is 7. The van der Waals surface area contributed by atoms with Crippen molar-refractivity contribution in [1.29, 1.82) is 0 Å². The molecule has 0 aliphatic carbocycles. The average Bonchev–Trinajstić information content (AvgIpc) is 3.25. The topological polar surface area (TPSA) is 100.0 Å². The molecule has 1 atom stereocenters. The molecule has 3 rings (SSSR count). The van der Waals surface area contributed by atoms with Gasteiger partial charge in [-0.25, -0.2) is 0 Å². The Hall–Kier alpha value is -2.78. The van der Waals surface area contributed by atoms with E-state index in [1.807, 2.05) is 17.5 Å². The number of amides is 2. The number of anilines is 1. The predicted molar refractivity (Wildman–Crippen MR) is 109 cm³/mol. The fraction of sp³-hybridized carbons (Fsp3) is 0.167. The first-order valence-corrected chi connectivity index (χ1v) is 9.80. The van der Waals surface area contributed by atoms with Crippen molar-refractivity contribution in [1.82, 2.24) is 5.32 Å². The lowest BCUT2D eigenvalue weighted by Crippen LogP contribution is -2.28. The Bertz CT molecular complexity index is 922. The Morgan fingerprint density at radius 2 is 2.15 bits per heavy atom. The van der Waals surface area contributed by atoms with Crippen molar-refractivity contribution in [3.05, 3.63) is 52.2 Å². The summed E-state index contributed by atoms with van der Waals surface area (Å²) in [7, 11) is 0. The number of thiophene rings is 1. The molecule has 2 amide bonds. The molecular formula is C18H16N4O3S2. The van der Waals surface area contributed by atoms with E-state index in [1.54, 1.807) is 30.5 Å². The highest BCUT2D eigenvalue weighted by molar-refractivity contribution is 8.15. The van der Waals surface area contributed by atoms with Crippen LogP contribution in [0, 0.1) is 0 Å². The van der Waals surface area contributed by atoms with Gasteiger partial charge in [-0.15, -0.1) is 16.4 Å². The van der Waals surface area contributed by atoms with E-state index in [-0.39, 0.29) is 24.0 Å². The number of thioether (sulfide) groups is 1. The Morgan fingerprint density at radius 1 is 1.30 bits per heavy atom. The van der Waals surface area contributed by atoms with Gasteiger partial charge in [0.15, 0.2) is 11.0 Å². The molecule has 2 aromatic rings. The van der Waals surface area contributed by atoms with Crippen molar-refractivity contribution in [2.45, 2.75) is 18.6 Å². The second kappa shape index (κ2) is 8.74. The fourth-order valence-corrected chi connectivity index (χ4v) is 3.79. The van der Waals surface area contributed by atoms with Crippen LogP contribution in [-0.2, 0) is 9.59 Å². The van der Waals surface area contributed by atoms with Crippen LogP contribution in [-0.4, -0.2) is 34.2 Å². The van der Waals surface area contributed by atoms with Gasteiger partial charge < -0.3 is 10.6 Å². The van der Waals surface area contributed by atoms with E-state index in [4.69, 9.17) is 0 Å². The Kier molecular flexibility index (Phi) is 6.15. The van der Waals surface area contributed by atoms with E-state index in [1.165, 1.54) is 30.0 Å². The van der Waals surface area contributed by atoms with Crippen LogP contribution in [0.15, 0.2) is 52.0 Å². The van der Waals surface area contributed by atoms with E-state index >= 15 is 0 Å². The molecule has 0 radical (unpaired) electrons. The van der Waals surface area contributed by atoms with Gasteiger partial charge in [-0.1, -0.05) is 30.0 Å². The highest BCUT2D eigenvalue weighted by atomic mass is 32.2. The molecule has 0 spiro atoms. The number of ketones is 1. The number of rotatable bonds is 6. The first-order chi connectivity index (χ1) is 13.0. The molecule has 27 heavy (non-hydrogen) atoms. The van der Waals surface area contributed by atoms with Gasteiger partial charge in [0.25, 0.3) is 0 Å². The third-order valence-corrected chi connectivity index (χ3v) is 5.46. The molecule has 2 N–H and O–H groups in total. The van der Waals surface area contributed by atoms with Crippen molar-refractivity contribution in [3.63, 3.8) is 0 Å². The highest BCUT2D eigenvalue weighted by Crippen LogP contribution is 2.23. The number of nitrogens with zero attached hydrogens (tertiary/aromatic N) is 2. The van der Waals surface area contributed by atoms with Gasteiger partial charge in [0.1, 0.15) is 5.25 Å². The number of benzene rings is 1. The zero-order chi connectivity index (χ0) is 19.2. The minimum atomic E-state index is -0.573. The summed E-state index contributed by atoms with van der Waals surface area (Å²) in [5.41, 5.74) is 1.03. The molecule has 1 aromatic carbocycles. The number of hydrogen-bond donors (Lipinski definition) is 2. The van der Waals surface area contributed by atoms with Gasteiger partial charge in [-0.2, -0.15) is 5.10 Å². The molecule has 0 bridgehead atoms. The molecule has 138 valence electrons. The predicted octanol–water partition coefficient (Wildman–Crippen LogP) is 2.90. The smallest absolute Gasteiger partial charge is 0.240 e. The summed E-state index contributed by atoms with van der Waals surface area (Å²) in [6.45, 7) is 1.46. The largest absolute Gasteiger partial charge is 0.326 e. The van der Waals surface area contributed by atoms with E-state index < -0.39 is 5.25 Å². The normalized spacial score (nSPS) is 18.0. The summed E-state index contributed by atoms with van der Waals surface area (Å²) in [6.07, 6.45) is 1.60. The molecule has 1 aromatic heterocycles. The third-order valence-electron chi connectivity index (χ3n) is 3.58. The summed E-state index contributed by atoms with van der Waals surface area (Å²) in [5.74, 6) is -0.676. The van der Waals surface area contributed by atoms with Crippen molar-refractivity contribution in [3.8, 4) is 0 Å². The van der Waals surface area contributed by atoms with Crippen LogP contribution in [0.2, 0.25) is 0 Å². The first kappa shape index (κ1) is 19.0. The van der Waals surface area contributed by atoms with Crippen LogP contribution in [0.1, 0.15) is 28.6 Å². The minimum Gasteiger partial charge on any atom is -0.326 e. The van der Waals surface area contributed by atoms with E-state index in [2.05, 4.69) is 20.8 Å². The van der Waals surface area contributed by atoms with Gasteiger partial charge in [0.2, 0.25) is 11.8 Å². The minimum absolute atomic E-state index is 0.00550. The molecule has 1 fully saturated rings. The Labute approximate surface area is 164 Å². The van der Waals surface area contributed by atoms with Crippen LogP contribution < -0.4 is 10.6 Å². The maximum absolute atomic E-state index is 12.2. The van der Waals surface area contributed by atoms with Gasteiger partial charge in [0, 0.05) is 22.5 Å². The molecule has 1 unspecified atom stereocenters. The summed E-state index contributed by atoms with van der Waals surface area (Å²) < 4.78 is 0. The van der Waals surface area contributed by atoms with Crippen LogP contribution in [0.5, 0.6) is 0 Å². The SMILES string of the molecule is CC(=O)c1cccc(NC(=O)CC2SC(=NN=Cc3cccs3)NC2=O)c1. The molecule has 2 heterocycles. The molecule has 1 saturated heterocycles. The Morgan fingerprint density at radius 3 is 2.89 bits per heavy atom. The zero-order valence-electron chi connectivity index (χ0n) is 14.3. The summed E-state index contributed by atoms with van der Waals surface area (Å²) in [4.78, 5) is 36.6. The molecular weight excluding hydrogens is 384 g/mol. The Balaban J connectivity index is 1.56. The molecule has 9 heteroatoms. The number of nitrogens with one attached hydrogen (secondary N) is 2. The van der Waals surface area contributed by atoms with Gasteiger partial charge in [-0.3, -0.25) is 14.4 Å². The van der Waals surface area contributed by atoms with Gasteiger partial charge in [-0.05, 0) is 30.5 Å². The van der Waals surface area contributed by atoms with Gasteiger partial charge >= 0.3 is 0 Å². The quantitative estimate of drug-likeness (QED) is 0.442. The lowest BCUT2D eigenvalue weighted by atomic mass is 10.1. The number of carbonyl (C=O) groups excluding carboxylic acids is 3. The fourth-order valence-electron chi connectivity index (χ4n) is 2.29. The number of Topliss-reactive ketones (excluding diaryl/α,β-unsaturated/α-hetero) is 1. The zero-order valence-corrected chi connectivity index (χ0v) is 16.0. The van der Waals surface area contributed by atoms with Crippen LogP contribution in [0.4, 0.5) is 5.69 Å². The molecule has 1 aliphatic heterocycles. The van der Waals surface area contributed by atoms with Crippen LogP contribution >= 0.6 is 23.1 Å². The highest BCUT2D eigenvalue weighted by Gasteiger charge is 2.32. The van der Waals surface area contributed by atoms with Crippen molar-refractivity contribution >= 4 is 57.8 Å². The second-order valence-electron chi connectivity index (χ2n) is 5.65. The first-order valence-electron chi connectivity index (χ1n) is 8.04. The lowest BCUT2D eigenvalue weighted by molar-refractivity contribution is -0.122. The van der Waals surface area contributed by atoms with E-state index in [9.17, 15) is 14.4 Å². The van der Waals surface area contributed by atoms with E-state index in [0.717, 1.165) is 4.88 Å². The molecule has 1 aliphatic rings. The molecule has 7 nitrogen and oxygen atoms in total. The van der Waals surface area contributed by atoms with Crippen molar-refractivity contribution < 1.29 is 14.4 Å². The van der Waals surface area contributed by atoms with Crippen molar-refractivity contribution in [2.75, 3.05) is 5.32 Å². The summed E-state index contributed by atoms with van der Waals surface area (Å²) >= 11 is 2.70. The maximum atomic E-state index is 12.2. The standard InChI is InChI=1S/C18H16N4O3S2/c1-11(23)12-4-2-5-13(8-12)20-16(24)9-15-17(25)21-18(27-15)22-19-10-14-6-3-7-26-14/h2-8,10,15H,9H2,1H3,(H,20,24)(H,21,22,25). The monoisotopic (exact) mass is 400 g/mol. The van der Waals surface area contributed by atoms with E-state index in [0.29, 0.717) is 16.4 Å². The van der Waals surface area contributed by atoms with Gasteiger partial charge in [0.05, 0.1) is 6.21 Å². The lowest BCUT2D eigenvalue weighted by Gasteiger charge is -2.08. The van der Waals surface area contributed by atoms with Crippen molar-refractivity contribution in [2.24, 2.45) is 10.2 Å². The summed E-state index contributed by atoms with van der Waals surface area (Å²) in [5, 5.41) is 15.0. The maximum Gasteiger partial charge on any atom is 0.240 e. The number of carbonyl (C=O) groups is 3. The number of amidine groups is 1. The second-order valence-corrected chi connectivity index (χ2v) is 7.82. The van der Waals surface area contributed by atoms with Crippen LogP contribution in [0.25, 0.3) is 0 Å². The molecule has 0 saturated carbocycles. The average molecular weight is 400 g/mol.